The second-order valence-corrected chi connectivity index (χ2v) is 9.55. The van der Waals surface area contributed by atoms with Crippen LogP contribution in [0, 0.1) is 11.8 Å². The molecule has 1 rings (SSSR count). The molecule has 6 heteroatoms. The van der Waals surface area contributed by atoms with Crippen LogP contribution in [0.3, 0.4) is 0 Å². The number of nitrogens with two attached hydrogens (primary N) is 2. The molecule has 0 spiro atoms. The number of hydrogen-bond donors (Lipinski definition) is 2. The van der Waals surface area contributed by atoms with Gasteiger partial charge in [-0.3, -0.25) is 4.79 Å². The summed E-state index contributed by atoms with van der Waals surface area (Å²) in [6, 6.07) is 7.28. The Bertz CT molecular complexity index is 776. The number of benzene rings is 1. The van der Waals surface area contributed by atoms with E-state index < -0.39 is 29.7 Å². The Labute approximate surface area is 193 Å². The molecule has 0 aliphatic heterocycles. The Kier molecular flexibility index (Phi) is 11.4. The Hall–Kier alpha value is -2.44. The molecule has 0 aromatic heterocycles. The van der Waals surface area contributed by atoms with Crippen molar-refractivity contribution >= 4 is 18.0 Å². The molecule has 1 aromatic rings. The van der Waals surface area contributed by atoms with Crippen molar-refractivity contribution < 1.29 is 19.1 Å². The molecule has 0 bridgehead atoms. The molecule has 2 unspecified atom stereocenters. The van der Waals surface area contributed by atoms with Crippen LogP contribution < -0.4 is 11.5 Å². The molecule has 0 aliphatic rings. The average Bonchev–Trinajstić information content (AvgIpc) is 2.69. The van der Waals surface area contributed by atoms with E-state index in [4.69, 9.17) is 20.9 Å². The van der Waals surface area contributed by atoms with E-state index in [1.165, 1.54) is 6.08 Å². The fraction of sp³-hybridized carbons (Fsp3) is 0.538. The summed E-state index contributed by atoms with van der Waals surface area (Å²) in [6.45, 7) is 11.9. The maximum Gasteiger partial charge on any atom is 0.330 e. The minimum atomic E-state index is -0.674. The first-order valence-corrected chi connectivity index (χ1v) is 11.2. The minimum absolute atomic E-state index is 0.0947. The number of carbonyl (C=O) groups excluding carboxylic acids is 2. The van der Waals surface area contributed by atoms with Gasteiger partial charge in [-0.25, -0.2) is 4.79 Å². The van der Waals surface area contributed by atoms with Crippen molar-refractivity contribution in [2.45, 2.75) is 78.7 Å². The average molecular weight is 445 g/mol. The van der Waals surface area contributed by atoms with Crippen molar-refractivity contribution in [1.29, 1.82) is 0 Å². The van der Waals surface area contributed by atoms with Gasteiger partial charge in [0.05, 0.1) is 0 Å². The lowest BCUT2D eigenvalue weighted by Crippen LogP contribution is -2.37. The van der Waals surface area contributed by atoms with Crippen LogP contribution in [0.5, 0.6) is 0 Å². The summed E-state index contributed by atoms with van der Waals surface area (Å²) in [7, 11) is 0. The highest BCUT2D eigenvalue weighted by Crippen LogP contribution is 2.18. The molecule has 178 valence electrons. The maximum atomic E-state index is 12.5. The fourth-order valence-corrected chi connectivity index (χ4v) is 3.00. The van der Waals surface area contributed by atoms with E-state index in [1.807, 2.05) is 78.0 Å². The van der Waals surface area contributed by atoms with E-state index in [1.54, 1.807) is 6.08 Å². The zero-order valence-electron chi connectivity index (χ0n) is 20.3. The van der Waals surface area contributed by atoms with Crippen LogP contribution in [-0.2, 0) is 25.6 Å². The van der Waals surface area contributed by atoms with Crippen LogP contribution >= 0.6 is 0 Å². The second-order valence-electron chi connectivity index (χ2n) is 9.55. The number of esters is 2. The summed E-state index contributed by atoms with van der Waals surface area (Å²) in [5.74, 6) is -0.663. The first kappa shape index (κ1) is 27.6. The molecule has 1 aromatic carbocycles. The monoisotopic (exact) mass is 444 g/mol. The van der Waals surface area contributed by atoms with Crippen molar-refractivity contribution in [2.75, 3.05) is 0 Å². The lowest BCUT2D eigenvalue weighted by molar-refractivity contribution is -0.152. The van der Waals surface area contributed by atoms with Gasteiger partial charge in [0.2, 0.25) is 0 Å². The number of hydrogen-bond acceptors (Lipinski definition) is 6. The molecular formula is C26H40N2O4. The molecule has 0 saturated carbocycles. The SMILES string of the molecule is CC(C)CC(N)C(=O)O[C@@H](C/C=C/C(=O)OC(C)(C)C)C(C)/C=C/c1ccc(CN)cc1. The minimum Gasteiger partial charge on any atom is -0.460 e. The van der Waals surface area contributed by atoms with Crippen LogP contribution in [0.1, 0.15) is 65.5 Å². The van der Waals surface area contributed by atoms with Gasteiger partial charge in [0.15, 0.2) is 0 Å². The van der Waals surface area contributed by atoms with E-state index >= 15 is 0 Å². The Morgan fingerprint density at radius 3 is 2.25 bits per heavy atom. The molecule has 0 radical (unpaired) electrons. The Morgan fingerprint density at radius 2 is 1.72 bits per heavy atom. The lowest BCUT2D eigenvalue weighted by Gasteiger charge is -2.23. The van der Waals surface area contributed by atoms with Gasteiger partial charge in [0.25, 0.3) is 0 Å². The molecule has 3 atom stereocenters. The highest BCUT2D eigenvalue weighted by Gasteiger charge is 2.24. The van der Waals surface area contributed by atoms with Gasteiger partial charge < -0.3 is 20.9 Å². The molecule has 0 aliphatic carbocycles. The van der Waals surface area contributed by atoms with Crippen molar-refractivity contribution in [1.82, 2.24) is 0 Å². The normalized spacial score (nSPS) is 15.2. The third kappa shape index (κ3) is 11.3. The molecule has 4 N–H and O–H groups in total. The van der Waals surface area contributed by atoms with Crippen LogP contribution in [0.4, 0.5) is 0 Å². The van der Waals surface area contributed by atoms with Gasteiger partial charge in [-0.1, -0.05) is 63.3 Å². The zero-order chi connectivity index (χ0) is 24.3. The van der Waals surface area contributed by atoms with Crippen molar-refractivity contribution in [3.8, 4) is 0 Å². The van der Waals surface area contributed by atoms with Crippen LogP contribution in [0.25, 0.3) is 6.08 Å². The smallest absolute Gasteiger partial charge is 0.330 e. The molecular weight excluding hydrogens is 404 g/mol. The van der Waals surface area contributed by atoms with Gasteiger partial charge in [-0.05, 0) is 44.2 Å². The third-order valence-corrected chi connectivity index (χ3v) is 4.72. The number of carbonyl (C=O) groups is 2. The highest BCUT2D eigenvalue weighted by molar-refractivity contribution is 5.82. The quantitative estimate of drug-likeness (QED) is 0.388. The van der Waals surface area contributed by atoms with Gasteiger partial charge >= 0.3 is 11.9 Å². The standard InChI is InChI=1S/C26H40N2O4/c1-18(2)16-22(28)25(30)31-23(8-7-9-24(29)32-26(4,5)6)19(3)10-11-20-12-14-21(17-27)15-13-20/h7,9-15,18-19,22-23H,8,16-17,27-28H2,1-6H3/b9-7+,11-10+/t19?,22?,23-/m0/s1. The van der Waals surface area contributed by atoms with Gasteiger partial charge in [-0.15, -0.1) is 0 Å². The molecule has 0 amide bonds. The Balaban J connectivity index is 2.89. The van der Waals surface area contributed by atoms with Crippen LogP contribution in [0.15, 0.2) is 42.5 Å². The summed E-state index contributed by atoms with van der Waals surface area (Å²) in [5.41, 5.74) is 13.2. The third-order valence-electron chi connectivity index (χ3n) is 4.72. The van der Waals surface area contributed by atoms with E-state index in [-0.39, 0.29) is 11.8 Å². The fourth-order valence-electron chi connectivity index (χ4n) is 3.00. The van der Waals surface area contributed by atoms with E-state index in [0.29, 0.717) is 19.4 Å². The molecule has 0 heterocycles. The van der Waals surface area contributed by atoms with Gasteiger partial charge in [-0.2, -0.15) is 0 Å². The first-order chi connectivity index (χ1) is 14.9. The molecule has 0 fully saturated rings. The summed E-state index contributed by atoms with van der Waals surface area (Å²) >= 11 is 0. The summed E-state index contributed by atoms with van der Waals surface area (Å²) in [4.78, 5) is 24.5. The summed E-state index contributed by atoms with van der Waals surface area (Å²) in [5, 5.41) is 0. The van der Waals surface area contributed by atoms with E-state index in [9.17, 15) is 9.59 Å². The topological polar surface area (TPSA) is 105 Å². The molecule has 32 heavy (non-hydrogen) atoms. The summed E-state index contributed by atoms with van der Waals surface area (Å²) in [6.07, 6.45) is 7.50. The summed E-state index contributed by atoms with van der Waals surface area (Å²) < 4.78 is 11.0. The first-order valence-electron chi connectivity index (χ1n) is 11.2. The van der Waals surface area contributed by atoms with Gasteiger partial charge in [0.1, 0.15) is 17.7 Å². The maximum absolute atomic E-state index is 12.5. The second kappa shape index (κ2) is 13.2. The molecule has 0 saturated heterocycles. The predicted molar refractivity (Wildman–Crippen MR) is 129 cm³/mol. The van der Waals surface area contributed by atoms with Crippen LogP contribution in [0.2, 0.25) is 0 Å². The van der Waals surface area contributed by atoms with Crippen molar-refractivity contribution in [3.05, 3.63) is 53.6 Å². The van der Waals surface area contributed by atoms with E-state index in [0.717, 1.165) is 11.1 Å². The molecule has 6 nitrogen and oxygen atoms in total. The van der Waals surface area contributed by atoms with Gasteiger partial charge in [0, 0.05) is 25.0 Å². The zero-order valence-corrected chi connectivity index (χ0v) is 20.3. The highest BCUT2D eigenvalue weighted by atomic mass is 16.6. The largest absolute Gasteiger partial charge is 0.460 e. The Morgan fingerprint density at radius 1 is 1.09 bits per heavy atom. The number of rotatable bonds is 11. The number of ether oxygens (including phenoxy) is 2. The van der Waals surface area contributed by atoms with E-state index in [2.05, 4.69) is 0 Å². The van der Waals surface area contributed by atoms with Crippen molar-refractivity contribution in [2.24, 2.45) is 23.3 Å². The van der Waals surface area contributed by atoms with Crippen LogP contribution in [-0.4, -0.2) is 29.7 Å². The predicted octanol–water partition coefficient (Wildman–Crippen LogP) is 4.37. The van der Waals surface area contributed by atoms with Crippen molar-refractivity contribution in [3.63, 3.8) is 0 Å². The lowest BCUT2D eigenvalue weighted by atomic mass is 9.99.